The van der Waals surface area contributed by atoms with Crippen LogP contribution in [0, 0.1) is 5.82 Å². The van der Waals surface area contributed by atoms with Crippen LogP contribution in [0.2, 0.25) is 0 Å². The normalized spacial score (nSPS) is 17.8. The summed E-state index contributed by atoms with van der Waals surface area (Å²) in [7, 11) is 1.44. The number of nitrogen functional groups attached to an aromatic ring is 1. The Morgan fingerprint density at radius 1 is 1.28 bits per heavy atom. The topological polar surface area (TPSA) is 124 Å². The van der Waals surface area contributed by atoms with Gasteiger partial charge in [0.05, 0.1) is 24.9 Å². The molecule has 2 unspecified atom stereocenters. The van der Waals surface area contributed by atoms with Crippen LogP contribution in [0.25, 0.3) is 16.8 Å². The minimum absolute atomic E-state index is 0.00554. The summed E-state index contributed by atoms with van der Waals surface area (Å²) in [4.78, 5) is 21.0. The lowest BCUT2D eigenvalue weighted by Gasteiger charge is -2.27. The first-order chi connectivity index (χ1) is 17.5. The zero-order valence-electron chi connectivity index (χ0n) is 19.6. The lowest BCUT2D eigenvalue weighted by molar-refractivity contribution is -0.0282. The highest BCUT2D eigenvalue weighted by Crippen LogP contribution is 2.35. The number of fused-ring (bicyclic) bond motifs is 1. The number of anilines is 1. The minimum Gasteiger partial charge on any atom is -0.454 e. The van der Waals surface area contributed by atoms with Crippen molar-refractivity contribution >= 4 is 17.2 Å². The SMILES string of the molecule is CNC(=O)c1cccc(Oc2ccc(-c3nc(C4CCC(CO)OC4)n4ccnc(N)c34)cc2)c1F. The third-order valence-electron chi connectivity index (χ3n) is 6.34. The van der Waals surface area contributed by atoms with E-state index in [2.05, 4.69) is 10.3 Å². The van der Waals surface area contributed by atoms with Crippen molar-refractivity contribution in [3.05, 3.63) is 72.1 Å². The molecular weight excluding hydrogens is 465 g/mol. The number of amides is 1. The zero-order chi connectivity index (χ0) is 25.2. The molecule has 1 aliphatic heterocycles. The summed E-state index contributed by atoms with van der Waals surface area (Å²) >= 11 is 0. The van der Waals surface area contributed by atoms with Crippen LogP contribution < -0.4 is 15.8 Å². The molecule has 4 N–H and O–H groups in total. The summed E-state index contributed by atoms with van der Waals surface area (Å²) in [6.45, 7) is 0.463. The van der Waals surface area contributed by atoms with Gasteiger partial charge in [-0.05, 0) is 49.2 Å². The molecule has 5 rings (SSSR count). The molecule has 10 heteroatoms. The predicted octanol–water partition coefficient (Wildman–Crippen LogP) is 3.52. The van der Waals surface area contributed by atoms with Crippen molar-refractivity contribution in [3.8, 4) is 22.8 Å². The minimum atomic E-state index is -0.734. The average molecular weight is 492 g/mol. The van der Waals surface area contributed by atoms with Gasteiger partial charge in [0.25, 0.3) is 5.91 Å². The standard InChI is InChI=1S/C26H26FN5O4/c1-29-26(34)19-3-2-4-20(21(19)27)36-17-8-5-15(6-9-17)22-23-24(28)30-11-12-32(23)25(31-22)16-7-10-18(13-33)35-14-16/h2-6,8-9,11-12,16,18,33H,7,10,13-14H2,1H3,(H2,28,30)(H,29,34). The van der Waals surface area contributed by atoms with E-state index in [1.165, 1.54) is 19.2 Å². The van der Waals surface area contributed by atoms with E-state index in [1.54, 1.807) is 24.4 Å². The first-order valence-electron chi connectivity index (χ1n) is 11.6. The van der Waals surface area contributed by atoms with E-state index in [1.807, 2.05) is 22.7 Å². The summed E-state index contributed by atoms with van der Waals surface area (Å²) in [6.07, 6.45) is 4.90. The third kappa shape index (κ3) is 4.36. The van der Waals surface area contributed by atoms with Gasteiger partial charge >= 0.3 is 0 Å². The second-order valence-corrected chi connectivity index (χ2v) is 8.59. The summed E-state index contributed by atoms with van der Waals surface area (Å²) < 4.78 is 28.2. The number of nitrogens with one attached hydrogen (secondary N) is 1. The van der Waals surface area contributed by atoms with Gasteiger partial charge in [-0.25, -0.2) is 14.4 Å². The quantitative estimate of drug-likeness (QED) is 0.377. The summed E-state index contributed by atoms with van der Waals surface area (Å²) in [6, 6.07) is 11.4. The van der Waals surface area contributed by atoms with Crippen LogP contribution in [0.15, 0.2) is 54.9 Å². The maximum absolute atomic E-state index is 14.7. The zero-order valence-corrected chi connectivity index (χ0v) is 19.6. The Balaban J connectivity index is 1.45. The number of imidazole rings is 1. The molecule has 0 aliphatic carbocycles. The Morgan fingerprint density at radius 2 is 2.08 bits per heavy atom. The van der Waals surface area contributed by atoms with Crippen LogP contribution in [0.3, 0.4) is 0 Å². The number of nitrogens with two attached hydrogens (primary N) is 1. The van der Waals surface area contributed by atoms with Gasteiger partial charge in [-0.15, -0.1) is 0 Å². The summed E-state index contributed by atoms with van der Waals surface area (Å²) in [5.74, 6) is 0.306. The Morgan fingerprint density at radius 3 is 2.78 bits per heavy atom. The van der Waals surface area contributed by atoms with E-state index in [0.717, 1.165) is 24.2 Å². The second kappa shape index (κ2) is 9.92. The van der Waals surface area contributed by atoms with Gasteiger partial charge in [0.1, 0.15) is 28.6 Å². The molecule has 0 radical (unpaired) electrons. The van der Waals surface area contributed by atoms with Crippen molar-refractivity contribution in [1.29, 1.82) is 0 Å². The number of benzene rings is 2. The molecule has 9 nitrogen and oxygen atoms in total. The molecule has 1 aliphatic rings. The van der Waals surface area contributed by atoms with E-state index in [-0.39, 0.29) is 29.9 Å². The van der Waals surface area contributed by atoms with E-state index >= 15 is 0 Å². The molecule has 2 aromatic heterocycles. The molecule has 1 saturated heterocycles. The van der Waals surface area contributed by atoms with Crippen LogP contribution in [-0.2, 0) is 4.74 Å². The van der Waals surface area contributed by atoms with Gasteiger partial charge in [0, 0.05) is 30.9 Å². The lowest BCUT2D eigenvalue weighted by Crippen LogP contribution is -2.28. The van der Waals surface area contributed by atoms with Crippen molar-refractivity contribution in [3.63, 3.8) is 0 Å². The molecule has 0 spiro atoms. The van der Waals surface area contributed by atoms with Gasteiger partial charge < -0.3 is 25.6 Å². The number of carbonyl (C=O) groups excluding carboxylic acids is 1. The average Bonchev–Trinajstić information content (AvgIpc) is 3.31. The highest BCUT2D eigenvalue weighted by Gasteiger charge is 2.28. The van der Waals surface area contributed by atoms with Crippen LogP contribution in [0.1, 0.15) is 34.9 Å². The molecule has 0 saturated carbocycles. The molecule has 1 fully saturated rings. The molecule has 186 valence electrons. The van der Waals surface area contributed by atoms with Crippen molar-refractivity contribution in [2.45, 2.75) is 24.9 Å². The second-order valence-electron chi connectivity index (χ2n) is 8.59. The Labute approximate surface area is 206 Å². The van der Waals surface area contributed by atoms with Crippen molar-refractivity contribution < 1.29 is 23.8 Å². The monoisotopic (exact) mass is 491 g/mol. The van der Waals surface area contributed by atoms with Crippen molar-refractivity contribution in [2.24, 2.45) is 0 Å². The number of aliphatic hydroxyl groups is 1. The van der Waals surface area contributed by atoms with Gasteiger partial charge in [-0.2, -0.15) is 0 Å². The summed E-state index contributed by atoms with van der Waals surface area (Å²) in [5.41, 5.74) is 8.29. The van der Waals surface area contributed by atoms with Crippen LogP contribution in [0.4, 0.5) is 10.2 Å². The Hall–Kier alpha value is -4.02. The van der Waals surface area contributed by atoms with Gasteiger partial charge in [0.2, 0.25) is 0 Å². The van der Waals surface area contributed by atoms with Gasteiger partial charge in [0.15, 0.2) is 11.6 Å². The number of hydrogen-bond acceptors (Lipinski definition) is 7. The van der Waals surface area contributed by atoms with Crippen LogP contribution in [-0.4, -0.2) is 51.7 Å². The fourth-order valence-corrected chi connectivity index (χ4v) is 4.44. The number of aliphatic hydroxyl groups excluding tert-OH is 1. The maximum atomic E-state index is 14.7. The number of nitrogens with zero attached hydrogens (tertiary/aromatic N) is 3. The first-order valence-corrected chi connectivity index (χ1v) is 11.6. The van der Waals surface area contributed by atoms with Crippen LogP contribution >= 0.6 is 0 Å². The number of carbonyl (C=O) groups is 1. The molecular formula is C26H26FN5O4. The van der Waals surface area contributed by atoms with Gasteiger partial charge in [-0.1, -0.05) is 6.07 Å². The molecule has 1 amide bonds. The number of halogens is 1. The van der Waals surface area contributed by atoms with Gasteiger partial charge in [-0.3, -0.25) is 9.20 Å². The highest BCUT2D eigenvalue weighted by molar-refractivity contribution is 5.94. The summed E-state index contributed by atoms with van der Waals surface area (Å²) in [5, 5.41) is 11.8. The van der Waals surface area contributed by atoms with E-state index in [9.17, 15) is 14.3 Å². The van der Waals surface area contributed by atoms with Crippen molar-refractivity contribution in [1.82, 2.24) is 19.7 Å². The number of hydrogen-bond donors (Lipinski definition) is 3. The van der Waals surface area contributed by atoms with Crippen molar-refractivity contribution in [2.75, 3.05) is 26.0 Å². The first kappa shape index (κ1) is 23.7. The maximum Gasteiger partial charge on any atom is 0.254 e. The lowest BCUT2D eigenvalue weighted by atomic mass is 9.98. The number of rotatable bonds is 6. The molecule has 36 heavy (non-hydrogen) atoms. The highest BCUT2D eigenvalue weighted by atomic mass is 19.1. The molecule has 2 atom stereocenters. The van der Waals surface area contributed by atoms with E-state index < -0.39 is 11.7 Å². The Kier molecular flexibility index (Phi) is 6.53. The fraction of sp³-hybridized carbons (Fsp3) is 0.269. The molecule has 0 bridgehead atoms. The predicted molar refractivity (Wildman–Crippen MR) is 132 cm³/mol. The molecule has 2 aromatic carbocycles. The fourth-order valence-electron chi connectivity index (χ4n) is 4.44. The molecule has 4 aromatic rings. The smallest absolute Gasteiger partial charge is 0.254 e. The van der Waals surface area contributed by atoms with Crippen LogP contribution in [0.5, 0.6) is 11.5 Å². The van der Waals surface area contributed by atoms with E-state index in [4.69, 9.17) is 20.2 Å². The number of ether oxygens (including phenoxy) is 2. The van der Waals surface area contributed by atoms with E-state index in [0.29, 0.717) is 29.4 Å². The Bertz CT molecular complexity index is 1400. The molecule has 3 heterocycles. The number of aromatic nitrogens is 3. The largest absolute Gasteiger partial charge is 0.454 e. The third-order valence-corrected chi connectivity index (χ3v) is 6.34.